The van der Waals surface area contributed by atoms with E-state index in [1.54, 1.807) is 22.7 Å². The number of halogens is 3. The van der Waals surface area contributed by atoms with Crippen LogP contribution in [-0.4, -0.2) is 65.3 Å². The number of rotatable bonds is 6. The quantitative estimate of drug-likeness (QED) is 0.522. The zero-order valence-electron chi connectivity index (χ0n) is 17.7. The molecule has 0 aliphatic carbocycles. The van der Waals surface area contributed by atoms with E-state index in [4.69, 9.17) is 4.74 Å². The van der Waals surface area contributed by atoms with E-state index in [-0.39, 0.29) is 23.1 Å². The lowest BCUT2D eigenvalue weighted by Gasteiger charge is -2.28. The molecule has 2 atom stereocenters. The summed E-state index contributed by atoms with van der Waals surface area (Å²) in [5.41, 5.74) is 0.967. The molecule has 0 unspecified atom stereocenters. The van der Waals surface area contributed by atoms with Gasteiger partial charge in [0, 0.05) is 36.8 Å². The highest BCUT2D eigenvalue weighted by Crippen LogP contribution is 2.27. The van der Waals surface area contributed by atoms with Crippen molar-refractivity contribution in [2.45, 2.75) is 18.6 Å². The molecule has 11 heteroatoms. The maximum atomic E-state index is 14.7. The van der Waals surface area contributed by atoms with Crippen LogP contribution >= 0.6 is 0 Å². The smallest absolute Gasteiger partial charge is 0.251 e. The van der Waals surface area contributed by atoms with Gasteiger partial charge in [-0.2, -0.15) is 0 Å². The number of hydrogen-bond acceptors (Lipinski definition) is 6. The highest BCUT2D eigenvalue weighted by molar-refractivity contribution is 5.95. The third kappa shape index (κ3) is 4.38. The molecule has 2 fully saturated rings. The number of ether oxygens (including phenoxy) is 1. The highest BCUT2D eigenvalue weighted by atomic mass is 19.1. The van der Waals surface area contributed by atoms with Crippen molar-refractivity contribution in [1.82, 2.24) is 25.0 Å². The number of aromatic nitrogens is 3. The Labute approximate surface area is 187 Å². The minimum atomic E-state index is -1.17. The number of nitrogens with zero attached hydrogens (tertiary/aromatic N) is 3. The zero-order chi connectivity index (χ0) is 22.9. The van der Waals surface area contributed by atoms with Crippen LogP contribution in [0.25, 0.3) is 17.0 Å². The van der Waals surface area contributed by atoms with Crippen LogP contribution in [0.1, 0.15) is 16.8 Å². The van der Waals surface area contributed by atoms with Gasteiger partial charge in [-0.3, -0.25) is 9.20 Å². The number of carbonyl (C=O) groups is 1. The van der Waals surface area contributed by atoms with E-state index >= 15 is 0 Å². The topological polar surface area (TPSA) is 92.6 Å². The van der Waals surface area contributed by atoms with Crippen molar-refractivity contribution in [1.29, 1.82) is 0 Å². The summed E-state index contributed by atoms with van der Waals surface area (Å²) in [6.45, 7) is 2.66. The monoisotopic (exact) mass is 460 g/mol. The standard InChI is InChI=1S/C22H23F3N6O2/c23-14-1-3-26-8-17(14)29-21-16(25)6-15(24)20(30-21)18-9-27-19-5-13(2-4-31(18)19)22(32)28-7-12-10-33-11-12/h2,4-6,9,12,14,17,26H,1,3,7-8,10-11H2,(H,28,32)(H,29,30)/t14-,17-/m0/s1. The van der Waals surface area contributed by atoms with Gasteiger partial charge in [0.15, 0.2) is 17.5 Å². The lowest BCUT2D eigenvalue weighted by atomic mass is 10.1. The predicted molar refractivity (Wildman–Crippen MR) is 115 cm³/mol. The molecule has 5 rings (SSSR count). The minimum absolute atomic E-state index is 0.132. The Kier molecular flexibility index (Phi) is 5.90. The first-order valence-corrected chi connectivity index (χ1v) is 10.8. The number of fused-ring (bicyclic) bond motifs is 1. The molecule has 2 aliphatic rings. The Hall–Kier alpha value is -3.18. The first-order chi connectivity index (χ1) is 16.0. The van der Waals surface area contributed by atoms with Crippen molar-refractivity contribution in [3.05, 3.63) is 47.8 Å². The van der Waals surface area contributed by atoms with Gasteiger partial charge in [-0.05, 0) is 25.1 Å². The van der Waals surface area contributed by atoms with E-state index in [0.29, 0.717) is 56.4 Å². The van der Waals surface area contributed by atoms with E-state index in [1.165, 1.54) is 6.20 Å². The second kappa shape index (κ2) is 8.99. The van der Waals surface area contributed by atoms with E-state index in [1.807, 2.05) is 0 Å². The fourth-order valence-electron chi connectivity index (χ4n) is 3.93. The number of hydrogen-bond donors (Lipinski definition) is 3. The molecule has 5 heterocycles. The number of pyridine rings is 2. The van der Waals surface area contributed by atoms with Crippen LogP contribution in [0.15, 0.2) is 30.6 Å². The molecule has 3 aromatic heterocycles. The van der Waals surface area contributed by atoms with E-state index in [9.17, 15) is 18.0 Å². The number of amides is 1. The Morgan fingerprint density at radius 2 is 2.12 bits per heavy atom. The van der Waals surface area contributed by atoms with Gasteiger partial charge < -0.3 is 20.7 Å². The minimum Gasteiger partial charge on any atom is -0.381 e. The molecule has 2 aliphatic heterocycles. The first-order valence-electron chi connectivity index (χ1n) is 10.8. The fraction of sp³-hybridized carbons (Fsp3) is 0.409. The molecular formula is C22H23F3N6O2. The number of nitrogens with one attached hydrogen (secondary N) is 3. The third-order valence-corrected chi connectivity index (χ3v) is 5.93. The SMILES string of the molecule is O=C(NCC1COC1)c1ccn2c(-c3nc(N[C@H]4CNCC[C@@H]4F)c(F)cc3F)cnc2c1. The lowest BCUT2D eigenvalue weighted by molar-refractivity contribution is -0.0298. The van der Waals surface area contributed by atoms with Gasteiger partial charge in [0.1, 0.15) is 17.5 Å². The summed E-state index contributed by atoms with van der Waals surface area (Å²) in [5, 5.41) is 8.65. The number of carbonyl (C=O) groups excluding carboxylic acids is 1. The number of alkyl halides is 1. The summed E-state index contributed by atoms with van der Waals surface area (Å²) >= 11 is 0. The van der Waals surface area contributed by atoms with Crippen molar-refractivity contribution < 1.29 is 22.7 Å². The van der Waals surface area contributed by atoms with E-state index in [2.05, 4.69) is 25.9 Å². The van der Waals surface area contributed by atoms with Crippen LogP contribution < -0.4 is 16.0 Å². The van der Waals surface area contributed by atoms with Crippen LogP contribution in [0.3, 0.4) is 0 Å². The molecule has 3 aromatic rings. The number of piperidine rings is 1. The van der Waals surface area contributed by atoms with Crippen molar-refractivity contribution in [3.8, 4) is 11.4 Å². The molecule has 174 valence electrons. The lowest BCUT2D eigenvalue weighted by Crippen LogP contribution is -2.46. The summed E-state index contributed by atoms with van der Waals surface area (Å²) in [5.74, 6) is -1.92. The first kappa shape index (κ1) is 21.7. The van der Waals surface area contributed by atoms with Gasteiger partial charge in [0.2, 0.25) is 0 Å². The Balaban J connectivity index is 1.40. The Morgan fingerprint density at radius 3 is 2.88 bits per heavy atom. The molecular weight excluding hydrogens is 437 g/mol. The second-order valence-corrected chi connectivity index (χ2v) is 8.31. The van der Waals surface area contributed by atoms with Gasteiger partial charge in [-0.1, -0.05) is 0 Å². The summed E-state index contributed by atoms with van der Waals surface area (Å²) in [7, 11) is 0. The van der Waals surface area contributed by atoms with Crippen LogP contribution in [-0.2, 0) is 4.74 Å². The largest absolute Gasteiger partial charge is 0.381 e. The van der Waals surface area contributed by atoms with Crippen molar-refractivity contribution in [2.75, 3.05) is 38.2 Å². The maximum Gasteiger partial charge on any atom is 0.251 e. The third-order valence-electron chi connectivity index (χ3n) is 5.93. The molecule has 0 radical (unpaired) electrons. The van der Waals surface area contributed by atoms with Gasteiger partial charge in [-0.25, -0.2) is 23.1 Å². The molecule has 33 heavy (non-hydrogen) atoms. The van der Waals surface area contributed by atoms with Crippen molar-refractivity contribution >= 4 is 17.4 Å². The van der Waals surface area contributed by atoms with Gasteiger partial charge >= 0.3 is 0 Å². The van der Waals surface area contributed by atoms with E-state index in [0.717, 1.165) is 6.07 Å². The zero-order valence-corrected chi connectivity index (χ0v) is 17.7. The highest BCUT2D eigenvalue weighted by Gasteiger charge is 2.27. The molecule has 0 saturated carbocycles. The van der Waals surface area contributed by atoms with E-state index < -0.39 is 23.8 Å². The summed E-state index contributed by atoms with van der Waals surface area (Å²) in [6, 6.07) is 3.22. The maximum absolute atomic E-state index is 14.7. The van der Waals surface area contributed by atoms with Crippen LogP contribution in [0.4, 0.5) is 19.0 Å². The second-order valence-electron chi connectivity index (χ2n) is 8.31. The fourth-order valence-corrected chi connectivity index (χ4v) is 3.93. The molecule has 1 amide bonds. The Bertz CT molecular complexity index is 1180. The summed E-state index contributed by atoms with van der Waals surface area (Å²) < 4.78 is 49.9. The van der Waals surface area contributed by atoms with Gasteiger partial charge in [-0.15, -0.1) is 0 Å². The molecule has 0 spiro atoms. The predicted octanol–water partition coefficient (Wildman–Crippen LogP) is 2.16. The molecule has 8 nitrogen and oxygen atoms in total. The number of imidazole rings is 1. The van der Waals surface area contributed by atoms with Crippen LogP contribution in [0, 0.1) is 17.6 Å². The van der Waals surface area contributed by atoms with Crippen molar-refractivity contribution in [3.63, 3.8) is 0 Å². The normalized spacial score (nSPS) is 21.1. The average Bonchev–Trinajstić information content (AvgIpc) is 3.19. The van der Waals surface area contributed by atoms with Gasteiger partial charge in [0.05, 0.1) is 31.1 Å². The van der Waals surface area contributed by atoms with Crippen molar-refractivity contribution in [2.24, 2.45) is 5.92 Å². The molecule has 2 saturated heterocycles. The van der Waals surface area contributed by atoms with Crippen LogP contribution in [0.5, 0.6) is 0 Å². The molecule has 3 N–H and O–H groups in total. The number of anilines is 1. The van der Waals surface area contributed by atoms with Gasteiger partial charge in [0.25, 0.3) is 5.91 Å². The van der Waals surface area contributed by atoms with Crippen LogP contribution in [0.2, 0.25) is 0 Å². The molecule has 0 bridgehead atoms. The summed E-state index contributed by atoms with van der Waals surface area (Å²) in [4.78, 5) is 20.8. The Morgan fingerprint density at radius 1 is 1.27 bits per heavy atom. The molecule has 0 aromatic carbocycles. The summed E-state index contributed by atoms with van der Waals surface area (Å²) in [6.07, 6.45) is 2.11. The average molecular weight is 460 g/mol.